The molecule has 0 aliphatic carbocycles. The van der Waals surface area contributed by atoms with Gasteiger partial charge in [-0.05, 0) is 12.1 Å². The van der Waals surface area contributed by atoms with Crippen molar-refractivity contribution < 1.29 is 9.85 Å². The highest BCUT2D eigenvalue weighted by Crippen LogP contribution is 2.32. The van der Waals surface area contributed by atoms with Crippen LogP contribution in [-0.2, 0) is 0 Å². The highest BCUT2D eigenvalue weighted by atomic mass is 32.1. The van der Waals surface area contributed by atoms with Crippen LogP contribution in [0, 0.1) is 20.2 Å². The van der Waals surface area contributed by atoms with Crippen LogP contribution in [0.5, 0.6) is 0 Å². The maximum atomic E-state index is 13.1. The first-order valence-corrected chi connectivity index (χ1v) is 10.4. The second-order valence-corrected chi connectivity index (χ2v) is 8.79. The lowest BCUT2D eigenvalue weighted by atomic mass is 10.1. The van der Waals surface area contributed by atoms with Crippen LogP contribution in [0.15, 0.2) is 55.6 Å². The predicted molar refractivity (Wildman–Crippen MR) is 122 cm³/mol. The quantitative estimate of drug-likeness (QED) is 0.218. The van der Waals surface area contributed by atoms with Crippen molar-refractivity contribution in [3.63, 3.8) is 0 Å². The van der Waals surface area contributed by atoms with Crippen LogP contribution in [0.4, 0.5) is 11.4 Å². The topological polar surface area (TPSA) is 155 Å². The zero-order valence-electron chi connectivity index (χ0n) is 15.4. The van der Waals surface area contributed by atoms with Gasteiger partial charge in [0.2, 0.25) is 21.7 Å². The SMILES string of the molecule is O=c1c2cccc([N+](=O)[O-])c2c(=O)c2sc3c(=O)c4c([N+](=O)[O-])cccc4c(=O)c3sc12. The lowest BCUT2D eigenvalue weighted by Crippen LogP contribution is -2.16. The number of rotatable bonds is 2. The molecule has 0 unspecified atom stereocenters. The van der Waals surface area contributed by atoms with Gasteiger partial charge >= 0.3 is 0 Å². The molecule has 0 saturated carbocycles. The number of hydrogen-bond donors (Lipinski definition) is 0. The molecule has 0 atom stereocenters. The summed E-state index contributed by atoms with van der Waals surface area (Å²) in [5, 5.41) is 21.7. The molecule has 0 spiro atoms. The standard InChI is InChI=1S/C20H6N2O8S2/c23-13-7-3-1-5-9(21(27)28)11(7)15(25)19-17(13)31-18-14(24)8-4-2-6-10(22(29)30)12(8)16(26)20(18)32-19/h1-6H. The van der Waals surface area contributed by atoms with Crippen molar-refractivity contribution in [2.24, 2.45) is 0 Å². The summed E-state index contributed by atoms with van der Waals surface area (Å²) in [4.78, 5) is 73.6. The van der Waals surface area contributed by atoms with E-state index in [0.717, 1.165) is 12.1 Å². The van der Waals surface area contributed by atoms with Crippen molar-refractivity contribution in [2.45, 2.75) is 0 Å². The summed E-state index contributed by atoms with van der Waals surface area (Å²) in [7, 11) is 0. The largest absolute Gasteiger partial charge is 0.288 e. The fraction of sp³-hybridized carbons (Fsp3) is 0. The van der Waals surface area contributed by atoms with Gasteiger partial charge in [-0.2, -0.15) is 0 Å². The summed E-state index contributed by atoms with van der Waals surface area (Å²) in [6.07, 6.45) is 0. The van der Waals surface area contributed by atoms with Crippen molar-refractivity contribution in [1.29, 1.82) is 0 Å². The zero-order valence-corrected chi connectivity index (χ0v) is 17.1. The molecule has 0 saturated heterocycles. The highest BCUT2D eigenvalue weighted by molar-refractivity contribution is 7.36. The Labute approximate surface area is 181 Å². The number of nitro groups is 2. The molecule has 156 valence electrons. The van der Waals surface area contributed by atoms with Crippen molar-refractivity contribution in [3.05, 3.63) is 97.5 Å². The van der Waals surface area contributed by atoms with Crippen LogP contribution < -0.4 is 21.7 Å². The molecule has 4 aromatic carbocycles. The Hall–Kier alpha value is -4.16. The molecule has 0 aliphatic rings. The molecule has 12 heteroatoms. The van der Waals surface area contributed by atoms with Gasteiger partial charge in [0.05, 0.1) is 28.6 Å². The molecule has 5 aromatic rings. The molecule has 0 aliphatic heterocycles. The molecule has 0 bridgehead atoms. The first-order valence-electron chi connectivity index (χ1n) is 8.80. The summed E-state index contributed by atoms with van der Waals surface area (Å²) in [5.41, 5.74) is -4.09. The second kappa shape index (κ2) is 6.67. The lowest BCUT2D eigenvalue weighted by Gasteiger charge is -2.04. The van der Waals surface area contributed by atoms with Gasteiger partial charge in [-0.1, -0.05) is 12.1 Å². The minimum Gasteiger partial charge on any atom is -0.288 e. The third kappa shape index (κ3) is 2.50. The Morgan fingerprint density at radius 3 is 1.25 bits per heavy atom. The molecular formula is C20H6N2O8S2. The van der Waals surface area contributed by atoms with E-state index in [9.17, 15) is 39.4 Å². The van der Waals surface area contributed by atoms with E-state index >= 15 is 0 Å². The first kappa shape index (κ1) is 19.8. The summed E-state index contributed by atoms with van der Waals surface area (Å²) in [6, 6.07) is 7.32. The average Bonchev–Trinajstić information content (AvgIpc) is 2.79. The molecule has 32 heavy (non-hydrogen) atoms. The van der Waals surface area contributed by atoms with Crippen molar-refractivity contribution >= 4 is 74.4 Å². The van der Waals surface area contributed by atoms with E-state index in [2.05, 4.69) is 0 Å². The number of nitro benzene ring substituents is 2. The summed E-state index contributed by atoms with van der Waals surface area (Å²) >= 11 is 1.18. The Morgan fingerprint density at radius 1 is 0.562 bits per heavy atom. The molecule has 1 heterocycles. The fourth-order valence-electron chi connectivity index (χ4n) is 3.70. The maximum absolute atomic E-state index is 13.1. The van der Waals surface area contributed by atoms with Gasteiger partial charge in [-0.3, -0.25) is 39.4 Å². The van der Waals surface area contributed by atoms with Crippen LogP contribution >= 0.6 is 22.7 Å². The minimum atomic E-state index is -0.820. The second-order valence-electron chi connectivity index (χ2n) is 6.75. The van der Waals surface area contributed by atoms with Gasteiger partial charge in [-0.25, -0.2) is 0 Å². The normalized spacial score (nSPS) is 11.5. The molecule has 0 fully saturated rings. The minimum absolute atomic E-state index is 0.109. The molecule has 5 rings (SSSR count). The Kier molecular flexibility index (Phi) is 4.12. The van der Waals surface area contributed by atoms with Crippen LogP contribution in [0.2, 0.25) is 0 Å². The monoisotopic (exact) mass is 466 g/mol. The number of fused-ring (bicyclic) bond motifs is 4. The van der Waals surface area contributed by atoms with Gasteiger partial charge in [0.1, 0.15) is 10.8 Å². The third-order valence-electron chi connectivity index (χ3n) is 5.07. The molecular weight excluding hydrogens is 460 g/mol. The Bertz CT molecular complexity index is 1790. The van der Waals surface area contributed by atoms with Crippen LogP contribution in [0.1, 0.15) is 0 Å². The molecule has 0 amide bonds. The van der Waals surface area contributed by atoms with E-state index < -0.39 is 42.9 Å². The first-order chi connectivity index (χ1) is 15.2. The van der Waals surface area contributed by atoms with Gasteiger partial charge in [0.25, 0.3) is 11.4 Å². The smallest absolute Gasteiger partial charge is 0.281 e. The van der Waals surface area contributed by atoms with Crippen molar-refractivity contribution in [3.8, 4) is 0 Å². The Morgan fingerprint density at radius 2 is 0.906 bits per heavy atom. The number of nitrogens with zero attached hydrogens (tertiary/aromatic N) is 2. The summed E-state index contributed by atoms with van der Waals surface area (Å²) in [6.45, 7) is 0. The van der Waals surface area contributed by atoms with E-state index in [-0.39, 0.29) is 40.3 Å². The van der Waals surface area contributed by atoms with Crippen LogP contribution in [0.3, 0.4) is 0 Å². The van der Waals surface area contributed by atoms with Crippen LogP contribution in [-0.4, -0.2) is 9.85 Å². The Balaban J connectivity index is 2.11. The average molecular weight is 466 g/mol. The van der Waals surface area contributed by atoms with E-state index in [4.69, 9.17) is 0 Å². The number of hydrogen-bond acceptors (Lipinski definition) is 10. The number of non-ortho nitro benzene ring substituents is 2. The van der Waals surface area contributed by atoms with E-state index in [1.54, 1.807) is 0 Å². The van der Waals surface area contributed by atoms with E-state index in [1.807, 2.05) is 0 Å². The third-order valence-corrected chi connectivity index (χ3v) is 7.70. The van der Waals surface area contributed by atoms with Gasteiger partial charge in [0.15, 0.2) is 0 Å². The van der Waals surface area contributed by atoms with Gasteiger partial charge in [0, 0.05) is 22.9 Å². The summed E-state index contributed by atoms with van der Waals surface area (Å²) in [5.74, 6) is 0. The number of benzene rings is 4. The van der Waals surface area contributed by atoms with Crippen LogP contribution in [0.25, 0.3) is 40.3 Å². The fourth-order valence-corrected chi connectivity index (χ4v) is 6.14. The molecule has 1 aromatic heterocycles. The van der Waals surface area contributed by atoms with Crippen molar-refractivity contribution in [2.75, 3.05) is 0 Å². The predicted octanol–water partition coefficient (Wildman–Crippen LogP) is 3.12. The highest BCUT2D eigenvalue weighted by Gasteiger charge is 2.24. The zero-order chi connectivity index (χ0) is 22.9. The molecule has 0 radical (unpaired) electrons. The summed E-state index contributed by atoms with van der Waals surface area (Å²) < 4.78 is -0.656. The van der Waals surface area contributed by atoms with Gasteiger partial charge in [-0.15, -0.1) is 22.7 Å². The van der Waals surface area contributed by atoms with Gasteiger partial charge < -0.3 is 0 Å². The van der Waals surface area contributed by atoms with E-state index in [0.29, 0.717) is 22.7 Å². The molecule has 0 N–H and O–H groups in total. The lowest BCUT2D eigenvalue weighted by molar-refractivity contribution is -0.383. The van der Waals surface area contributed by atoms with E-state index in [1.165, 1.54) is 24.3 Å². The maximum Gasteiger partial charge on any atom is 0.281 e. The van der Waals surface area contributed by atoms with Crippen molar-refractivity contribution in [1.82, 2.24) is 0 Å². The molecule has 10 nitrogen and oxygen atoms in total.